The lowest BCUT2D eigenvalue weighted by Gasteiger charge is -2.18. The zero-order valence-corrected chi connectivity index (χ0v) is 12.9. The van der Waals surface area contributed by atoms with E-state index < -0.39 is 0 Å². The van der Waals surface area contributed by atoms with Gasteiger partial charge in [0.1, 0.15) is 5.82 Å². The Kier molecular flexibility index (Phi) is 7.40. The van der Waals surface area contributed by atoms with Gasteiger partial charge in [0, 0.05) is 5.02 Å². The first-order valence-electron chi connectivity index (χ1n) is 7.17. The molecule has 0 heterocycles. The minimum Gasteiger partial charge on any atom is -0.316 e. The van der Waals surface area contributed by atoms with Gasteiger partial charge in [0.25, 0.3) is 0 Å². The van der Waals surface area contributed by atoms with Crippen LogP contribution in [-0.2, 0) is 6.42 Å². The fourth-order valence-electron chi connectivity index (χ4n) is 2.27. The van der Waals surface area contributed by atoms with Gasteiger partial charge >= 0.3 is 0 Å². The van der Waals surface area contributed by atoms with E-state index in [1.54, 1.807) is 12.1 Å². The van der Waals surface area contributed by atoms with Crippen LogP contribution in [0.5, 0.6) is 0 Å². The van der Waals surface area contributed by atoms with Crippen molar-refractivity contribution in [2.45, 2.75) is 40.0 Å². The maximum Gasteiger partial charge on any atom is 0.123 e. The highest BCUT2D eigenvalue weighted by Gasteiger charge is 2.12. The predicted octanol–water partition coefficient (Wildman–Crippen LogP) is 4.68. The van der Waals surface area contributed by atoms with Crippen LogP contribution in [0.15, 0.2) is 18.2 Å². The summed E-state index contributed by atoms with van der Waals surface area (Å²) < 4.78 is 13.3. The van der Waals surface area contributed by atoms with Gasteiger partial charge in [-0.15, -0.1) is 0 Å². The summed E-state index contributed by atoms with van der Waals surface area (Å²) in [7, 11) is 0. The molecule has 1 atom stereocenters. The minimum absolute atomic E-state index is 0.204. The van der Waals surface area contributed by atoms with Crippen LogP contribution in [0.4, 0.5) is 4.39 Å². The zero-order chi connectivity index (χ0) is 14.3. The largest absolute Gasteiger partial charge is 0.316 e. The molecule has 0 saturated carbocycles. The van der Waals surface area contributed by atoms with Crippen molar-refractivity contribution in [3.63, 3.8) is 0 Å². The van der Waals surface area contributed by atoms with E-state index in [1.165, 1.54) is 6.07 Å². The van der Waals surface area contributed by atoms with E-state index in [1.807, 2.05) is 0 Å². The molecule has 0 saturated heterocycles. The number of hydrogen-bond acceptors (Lipinski definition) is 1. The Bertz CT molecular complexity index is 379. The lowest BCUT2D eigenvalue weighted by molar-refractivity contribution is 0.420. The Labute approximate surface area is 121 Å². The predicted molar refractivity (Wildman–Crippen MR) is 81.2 cm³/mol. The fourth-order valence-corrected chi connectivity index (χ4v) is 2.47. The van der Waals surface area contributed by atoms with Crippen molar-refractivity contribution in [1.82, 2.24) is 5.32 Å². The van der Waals surface area contributed by atoms with Crippen LogP contribution in [0.1, 0.15) is 39.2 Å². The molecule has 0 bridgehead atoms. The zero-order valence-electron chi connectivity index (χ0n) is 12.2. The Morgan fingerprint density at radius 3 is 2.63 bits per heavy atom. The van der Waals surface area contributed by atoms with E-state index in [0.29, 0.717) is 16.9 Å². The lowest BCUT2D eigenvalue weighted by Crippen LogP contribution is -2.27. The fraction of sp³-hybridized carbons (Fsp3) is 0.625. The van der Waals surface area contributed by atoms with Gasteiger partial charge in [0.2, 0.25) is 0 Å². The van der Waals surface area contributed by atoms with Crippen molar-refractivity contribution in [3.05, 3.63) is 34.6 Å². The Morgan fingerprint density at radius 1 is 1.26 bits per heavy atom. The van der Waals surface area contributed by atoms with Crippen LogP contribution >= 0.6 is 11.6 Å². The Hall–Kier alpha value is -0.600. The molecule has 0 aliphatic carbocycles. The summed E-state index contributed by atoms with van der Waals surface area (Å²) in [6, 6.07) is 4.63. The first-order valence-corrected chi connectivity index (χ1v) is 7.55. The molecule has 3 heteroatoms. The number of halogens is 2. The summed E-state index contributed by atoms with van der Waals surface area (Å²) >= 11 is 6.14. The third-order valence-corrected chi connectivity index (χ3v) is 3.57. The summed E-state index contributed by atoms with van der Waals surface area (Å²) in [5, 5.41) is 4.16. The molecular weight excluding hydrogens is 261 g/mol. The van der Waals surface area contributed by atoms with Crippen LogP contribution in [0.2, 0.25) is 5.02 Å². The van der Waals surface area contributed by atoms with Crippen molar-refractivity contribution in [3.8, 4) is 0 Å². The van der Waals surface area contributed by atoms with Crippen LogP contribution in [0.25, 0.3) is 0 Å². The van der Waals surface area contributed by atoms with E-state index in [2.05, 4.69) is 26.1 Å². The van der Waals surface area contributed by atoms with E-state index in [-0.39, 0.29) is 5.82 Å². The third kappa shape index (κ3) is 6.40. The number of rotatable bonds is 8. The molecule has 0 radical (unpaired) electrons. The van der Waals surface area contributed by atoms with Crippen molar-refractivity contribution in [1.29, 1.82) is 0 Å². The first kappa shape index (κ1) is 16.5. The molecular formula is C16H25ClFN. The molecule has 1 nitrogen and oxygen atoms in total. The number of hydrogen-bond donors (Lipinski definition) is 1. The van der Waals surface area contributed by atoms with Gasteiger partial charge in [-0.1, -0.05) is 38.8 Å². The Balaban J connectivity index is 2.58. The summed E-state index contributed by atoms with van der Waals surface area (Å²) in [5.74, 6) is 0.966. The third-order valence-electron chi connectivity index (χ3n) is 3.20. The van der Waals surface area contributed by atoms with Gasteiger partial charge in [-0.2, -0.15) is 0 Å². The summed E-state index contributed by atoms with van der Waals surface area (Å²) in [6.07, 6.45) is 3.12. The average Bonchev–Trinajstić information content (AvgIpc) is 2.33. The highest BCUT2D eigenvalue weighted by atomic mass is 35.5. The SMILES string of the molecule is CCCC(CNCC(C)C)Cc1cc(F)ccc1Cl. The van der Waals surface area contributed by atoms with Gasteiger partial charge in [-0.3, -0.25) is 0 Å². The van der Waals surface area contributed by atoms with Crippen molar-refractivity contribution in [2.24, 2.45) is 11.8 Å². The van der Waals surface area contributed by atoms with E-state index in [9.17, 15) is 4.39 Å². The van der Waals surface area contributed by atoms with Crippen LogP contribution in [0.3, 0.4) is 0 Å². The van der Waals surface area contributed by atoms with E-state index in [4.69, 9.17) is 11.6 Å². The highest BCUT2D eigenvalue weighted by Crippen LogP contribution is 2.22. The minimum atomic E-state index is -0.204. The van der Waals surface area contributed by atoms with Gasteiger partial charge in [0.15, 0.2) is 0 Å². The molecule has 1 unspecified atom stereocenters. The van der Waals surface area contributed by atoms with Crippen molar-refractivity contribution < 1.29 is 4.39 Å². The standard InChI is InChI=1S/C16H25ClFN/c1-4-5-13(11-19-10-12(2)3)8-14-9-15(18)6-7-16(14)17/h6-7,9,12-13,19H,4-5,8,10-11H2,1-3H3. The second-order valence-corrected chi connectivity index (χ2v) is 6.05. The molecule has 19 heavy (non-hydrogen) atoms. The summed E-state index contributed by atoms with van der Waals surface area (Å²) in [5.41, 5.74) is 0.923. The monoisotopic (exact) mass is 285 g/mol. The molecule has 0 spiro atoms. The van der Waals surface area contributed by atoms with Crippen molar-refractivity contribution in [2.75, 3.05) is 13.1 Å². The van der Waals surface area contributed by atoms with E-state index >= 15 is 0 Å². The van der Waals surface area contributed by atoms with Crippen LogP contribution in [0, 0.1) is 17.7 Å². The van der Waals surface area contributed by atoms with Crippen molar-refractivity contribution >= 4 is 11.6 Å². The van der Waals surface area contributed by atoms with Gasteiger partial charge in [-0.25, -0.2) is 4.39 Å². The van der Waals surface area contributed by atoms with Gasteiger partial charge in [-0.05, 0) is 61.5 Å². The normalized spacial score (nSPS) is 12.9. The molecule has 0 aromatic heterocycles. The van der Waals surface area contributed by atoms with Crippen LogP contribution in [-0.4, -0.2) is 13.1 Å². The molecule has 1 aromatic rings. The molecule has 1 N–H and O–H groups in total. The Morgan fingerprint density at radius 2 is 2.00 bits per heavy atom. The average molecular weight is 286 g/mol. The maximum absolute atomic E-state index is 13.3. The molecule has 0 fully saturated rings. The molecule has 0 amide bonds. The summed E-state index contributed by atoms with van der Waals surface area (Å²) in [6.45, 7) is 8.58. The first-order chi connectivity index (χ1) is 9.02. The summed E-state index contributed by atoms with van der Waals surface area (Å²) in [4.78, 5) is 0. The quantitative estimate of drug-likeness (QED) is 0.731. The van der Waals surface area contributed by atoms with E-state index in [0.717, 1.165) is 37.9 Å². The molecule has 108 valence electrons. The number of benzene rings is 1. The lowest BCUT2D eigenvalue weighted by atomic mass is 9.94. The molecule has 1 aromatic carbocycles. The highest BCUT2D eigenvalue weighted by molar-refractivity contribution is 6.31. The molecule has 1 rings (SSSR count). The second kappa shape index (κ2) is 8.55. The number of nitrogens with one attached hydrogen (secondary N) is 1. The van der Waals surface area contributed by atoms with Crippen LogP contribution < -0.4 is 5.32 Å². The topological polar surface area (TPSA) is 12.0 Å². The second-order valence-electron chi connectivity index (χ2n) is 5.65. The van der Waals surface area contributed by atoms with Gasteiger partial charge in [0.05, 0.1) is 0 Å². The molecule has 0 aliphatic rings. The molecule has 0 aliphatic heterocycles. The smallest absolute Gasteiger partial charge is 0.123 e. The van der Waals surface area contributed by atoms with Gasteiger partial charge < -0.3 is 5.32 Å². The maximum atomic E-state index is 13.3.